The summed E-state index contributed by atoms with van der Waals surface area (Å²) in [6.45, 7) is 8.84. The van der Waals surface area contributed by atoms with Crippen molar-refractivity contribution in [3.63, 3.8) is 0 Å². The molecule has 2 aromatic rings. The van der Waals surface area contributed by atoms with Gasteiger partial charge in [0.25, 0.3) is 0 Å². The van der Waals surface area contributed by atoms with Crippen molar-refractivity contribution < 1.29 is 9.59 Å². The SMILES string of the molecule is CC(=O)N(C)C1CCN(CCC(C)(C(=O)N(C)Cc2ccc(C)cc2)c2ccc(Cl)c(Cl)c2)CC1. The highest BCUT2D eigenvalue weighted by Crippen LogP contribution is 2.35. The number of nitrogens with zero attached hydrogens (tertiary/aromatic N) is 3. The molecule has 0 aliphatic carbocycles. The summed E-state index contributed by atoms with van der Waals surface area (Å²) in [4.78, 5) is 31.7. The summed E-state index contributed by atoms with van der Waals surface area (Å²) in [6, 6.07) is 14.1. The lowest BCUT2D eigenvalue weighted by atomic mass is 9.77. The monoisotopic (exact) mass is 517 g/mol. The molecule has 1 heterocycles. The molecule has 1 aliphatic heterocycles. The number of carbonyl (C=O) groups excluding carboxylic acids is 2. The number of hydrogen-bond donors (Lipinski definition) is 0. The summed E-state index contributed by atoms with van der Waals surface area (Å²) >= 11 is 12.6. The minimum Gasteiger partial charge on any atom is -0.343 e. The minimum atomic E-state index is -0.749. The molecule has 2 aromatic carbocycles. The van der Waals surface area contributed by atoms with Crippen molar-refractivity contribution in [3.8, 4) is 0 Å². The largest absolute Gasteiger partial charge is 0.343 e. The standard InChI is InChI=1S/C28H37Cl2N3O2/c1-20-6-8-22(9-7-20)19-31(4)27(35)28(3,23-10-11-25(29)26(30)18-23)14-17-33-15-12-24(13-16-33)32(5)21(2)34/h6-11,18,24H,12-17,19H2,1-5H3. The number of likely N-dealkylation sites (N-methyl/N-ethyl adjacent to an activating group) is 1. The molecule has 3 rings (SSSR count). The van der Waals surface area contributed by atoms with Crippen molar-refractivity contribution in [2.75, 3.05) is 33.7 Å². The fraction of sp³-hybridized carbons (Fsp3) is 0.500. The molecule has 0 aromatic heterocycles. The second-order valence-electron chi connectivity index (χ2n) is 10.1. The maximum Gasteiger partial charge on any atom is 0.233 e. The van der Waals surface area contributed by atoms with Crippen LogP contribution in [-0.2, 0) is 21.5 Å². The number of likely N-dealkylation sites (tertiary alicyclic amines) is 1. The topological polar surface area (TPSA) is 43.9 Å². The molecule has 0 radical (unpaired) electrons. The normalized spacial score (nSPS) is 16.5. The predicted molar refractivity (Wildman–Crippen MR) is 144 cm³/mol. The van der Waals surface area contributed by atoms with E-state index in [-0.39, 0.29) is 17.9 Å². The van der Waals surface area contributed by atoms with Crippen LogP contribution in [0.1, 0.15) is 49.8 Å². The second kappa shape index (κ2) is 11.8. The fourth-order valence-corrected chi connectivity index (χ4v) is 5.14. The average Bonchev–Trinajstić information content (AvgIpc) is 2.84. The minimum absolute atomic E-state index is 0.0580. The van der Waals surface area contributed by atoms with E-state index in [1.165, 1.54) is 5.56 Å². The number of rotatable bonds is 8. The van der Waals surface area contributed by atoms with Crippen LogP contribution >= 0.6 is 23.2 Å². The van der Waals surface area contributed by atoms with Crippen LogP contribution in [0, 0.1) is 6.92 Å². The number of amides is 2. The summed E-state index contributed by atoms with van der Waals surface area (Å²) < 4.78 is 0. The number of benzene rings is 2. The van der Waals surface area contributed by atoms with Gasteiger partial charge < -0.3 is 14.7 Å². The molecule has 5 nitrogen and oxygen atoms in total. The second-order valence-corrected chi connectivity index (χ2v) is 10.9. The number of piperidine rings is 1. The maximum absolute atomic E-state index is 13.9. The Bertz CT molecular complexity index is 1030. The molecule has 1 atom stereocenters. The molecule has 7 heteroatoms. The summed E-state index contributed by atoms with van der Waals surface area (Å²) in [6.07, 6.45) is 2.55. The maximum atomic E-state index is 13.9. The first kappa shape index (κ1) is 27.5. The molecule has 1 saturated heterocycles. The zero-order valence-electron chi connectivity index (χ0n) is 21.5. The number of carbonyl (C=O) groups is 2. The van der Waals surface area contributed by atoms with E-state index in [2.05, 4.69) is 36.1 Å². The van der Waals surface area contributed by atoms with Gasteiger partial charge in [-0.15, -0.1) is 0 Å². The number of hydrogen-bond acceptors (Lipinski definition) is 3. The van der Waals surface area contributed by atoms with Crippen molar-refractivity contribution >= 4 is 35.0 Å². The van der Waals surface area contributed by atoms with Gasteiger partial charge >= 0.3 is 0 Å². The summed E-state index contributed by atoms with van der Waals surface area (Å²) in [5.41, 5.74) is 2.42. The Morgan fingerprint density at radius 1 is 1.03 bits per heavy atom. The first-order valence-electron chi connectivity index (χ1n) is 12.2. The molecule has 0 N–H and O–H groups in total. The number of aryl methyl sites for hydroxylation is 1. The van der Waals surface area contributed by atoms with Crippen molar-refractivity contribution in [1.29, 1.82) is 0 Å². The van der Waals surface area contributed by atoms with Crippen LogP contribution in [0.15, 0.2) is 42.5 Å². The Labute approximate surface area is 220 Å². The van der Waals surface area contributed by atoms with Gasteiger partial charge in [-0.2, -0.15) is 0 Å². The highest BCUT2D eigenvalue weighted by molar-refractivity contribution is 6.42. The van der Waals surface area contributed by atoms with Crippen LogP contribution in [0.5, 0.6) is 0 Å². The molecular formula is C28H37Cl2N3O2. The van der Waals surface area contributed by atoms with E-state index >= 15 is 0 Å². The van der Waals surface area contributed by atoms with Crippen LogP contribution in [0.25, 0.3) is 0 Å². The van der Waals surface area contributed by atoms with E-state index in [4.69, 9.17) is 23.2 Å². The zero-order valence-corrected chi connectivity index (χ0v) is 23.0. The third-order valence-electron chi connectivity index (χ3n) is 7.45. The van der Waals surface area contributed by atoms with Crippen LogP contribution in [0.4, 0.5) is 0 Å². The quantitative estimate of drug-likeness (QED) is 0.460. The lowest BCUT2D eigenvalue weighted by Crippen LogP contribution is -2.48. The van der Waals surface area contributed by atoms with E-state index in [1.54, 1.807) is 17.9 Å². The van der Waals surface area contributed by atoms with Gasteiger partial charge in [0.2, 0.25) is 11.8 Å². The van der Waals surface area contributed by atoms with Crippen molar-refractivity contribution in [2.24, 2.45) is 0 Å². The highest BCUT2D eigenvalue weighted by Gasteiger charge is 2.38. The molecule has 0 spiro atoms. The lowest BCUT2D eigenvalue weighted by Gasteiger charge is -2.39. The number of halogens is 2. The third-order valence-corrected chi connectivity index (χ3v) is 8.18. The van der Waals surface area contributed by atoms with E-state index < -0.39 is 5.41 Å². The molecular weight excluding hydrogens is 481 g/mol. The first-order chi connectivity index (χ1) is 16.5. The van der Waals surface area contributed by atoms with Gasteiger partial charge in [0.15, 0.2) is 0 Å². The Balaban J connectivity index is 1.76. The first-order valence-corrected chi connectivity index (χ1v) is 13.0. The Hall–Kier alpha value is -2.08. The third kappa shape index (κ3) is 6.78. The van der Waals surface area contributed by atoms with Crippen LogP contribution in [0.3, 0.4) is 0 Å². The Morgan fingerprint density at radius 3 is 2.23 bits per heavy atom. The van der Waals surface area contributed by atoms with Gasteiger partial charge in [0.05, 0.1) is 15.5 Å². The van der Waals surface area contributed by atoms with Gasteiger partial charge in [0, 0.05) is 46.7 Å². The van der Waals surface area contributed by atoms with Crippen molar-refractivity contribution in [3.05, 3.63) is 69.2 Å². The molecule has 1 fully saturated rings. The summed E-state index contributed by atoms with van der Waals surface area (Å²) in [5, 5.41) is 0.937. The van der Waals surface area contributed by atoms with Crippen molar-refractivity contribution in [1.82, 2.24) is 14.7 Å². The predicted octanol–water partition coefficient (Wildman–Crippen LogP) is 5.55. The Kier molecular flexibility index (Phi) is 9.25. The van der Waals surface area contributed by atoms with E-state index in [0.29, 0.717) is 23.0 Å². The molecule has 2 amide bonds. The molecule has 190 valence electrons. The van der Waals surface area contributed by atoms with Gasteiger partial charge in [0.1, 0.15) is 0 Å². The van der Waals surface area contributed by atoms with Gasteiger partial charge in [-0.3, -0.25) is 9.59 Å². The van der Waals surface area contributed by atoms with Crippen LogP contribution in [-0.4, -0.2) is 66.3 Å². The van der Waals surface area contributed by atoms with Crippen LogP contribution in [0.2, 0.25) is 10.0 Å². The molecule has 0 bridgehead atoms. The van der Waals surface area contributed by atoms with E-state index in [9.17, 15) is 9.59 Å². The molecule has 35 heavy (non-hydrogen) atoms. The van der Waals surface area contributed by atoms with Crippen LogP contribution < -0.4 is 0 Å². The molecule has 0 saturated carbocycles. The molecule has 1 aliphatic rings. The van der Waals surface area contributed by atoms with Gasteiger partial charge in [-0.05, 0) is 62.9 Å². The zero-order chi connectivity index (χ0) is 25.8. The molecule has 1 unspecified atom stereocenters. The summed E-state index contributed by atoms with van der Waals surface area (Å²) in [7, 11) is 3.74. The van der Waals surface area contributed by atoms with E-state index in [1.807, 2.05) is 38.1 Å². The summed E-state index contributed by atoms with van der Waals surface area (Å²) in [5.74, 6) is 0.167. The smallest absolute Gasteiger partial charge is 0.233 e. The highest BCUT2D eigenvalue weighted by atomic mass is 35.5. The van der Waals surface area contributed by atoms with Crippen molar-refractivity contribution in [2.45, 2.75) is 58.0 Å². The van der Waals surface area contributed by atoms with Gasteiger partial charge in [-0.1, -0.05) is 59.1 Å². The lowest BCUT2D eigenvalue weighted by molar-refractivity contribution is -0.136. The average molecular weight is 519 g/mol. The Morgan fingerprint density at radius 2 is 1.66 bits per heavy atom. The van der Waals surface area contributed by atoms with E-state index in [0.717, 1.165) is 43.6 Å². The fourth-order valence-electron chi connectivity index (χ4n) is 4.84. The van der Waals surface area contributed by atoms with Gasteiger partial charge in [-0.25, -0.2) is 0 Å².